The van der Waals surface area contributed by atoms with Crippen molar-refractivity contribution in [2.24, 2.45) is 11.8 Å². The molecule has 0 atom stereocenters. The number of hydrogen-bond donors (Lipinski definition) is 0. The van der Waals surface area contributed by atoms with Gasteiger partial charge in [0.1, 0.15) is 11.6 Å². The second-order valence-electron chi connectivity index (χ2n) is 10.1. The molecule has 5 rings (SSSR count). The molecule has 180 valence electrons. The first-order valence-electron chi connectivity index (χ1n) is 12.6. The lowest BCUT2D eigenvalue weighted by atomic mass is 9.80. The van der Waals surface area contributed by atoms with Crippen molar-refractivity contribution in [1.29, 1.82) is 0 Å². The summed E-state index contributed by atoms with van der Waals surface area (Å²) in [7, 11) is 0. The molecule has 3 aliphatic carbocycles. The first kappa shape index (κ1) is 23.0. The standard InChI is InChI=1S/C28H32F2N2O2/c29-25-7-3-1-5-21(25)17-31(23-13-14-23)27(33)19-9-11-20(12-10-19)28(34)32(24-15-16-24)18-22-6-2-4-8-26(22)30/h1-8,19-20,23-24H,9-18H2. The molecule has 2 aromatic carbocycles. The fourth-order valence-corrected chi connectivity index (χ4v) is 5.22. The van der Waals surface area contributed by atoms with Gasteiger partial charge in [0.15, 0.2) is 0 Å². The van der Waals surface area contributed by atoms with E-state index < -0.39 is 0 Å². The molecule has 0 aromatic heterocycles. The van der Waals surface area contributed by atoms with Crippen molar-refractivity contribution in [1.82, 2.24) is 9.80 Å². The van der Waals surface area contributed by atoms with Gasteiger partial charge in [-0.05, 0) is 63.5 Å². The van der Waals surface area contributed by atoms with Crippen LogP contribution >= 0.6 is 0 Å². The number of halogens is 2. The number of nitrogens with zero attached hydrogens (tertiary/aromatic N) is 2. The highest BCUT2D eigenvalue weighted by atomic mass is 19.1. The molecule has 34 heavy (non-hydrogen) atoms. The van der Waals surface area contributed by atoms with Gasteiger partial charge in [-0.2, -0.15) is 0 Å². The predicted octanol–water partition coefficient (Wildman–Crippen LogP) is 5.45. The summed E-state index contributed by atoms with van der Waals surface area (Å²) in [6.45, 7) is 0.625. The van der Waals surface area contributed by atoms with Gasteiger partial charge in [-0.1, -0.05) is 36.4 Å². The van der Waals surface area contributed by atoms with Crippen LogP contribution < -0.4 is 0 Å². The van der Waals surface area contributed by atoms with Crippen molar-refractivity contribution < 1.29 is 18.4 Å². The maximum Gasteiger partial charge on any atom is 0.226 e. The summed E-state index contributed by atoms with van der Waals surface area (Å²) in [4.78, 5) is 30.5. The number of hydrogen-bond acceptors (Lipinski definition) is 2. The predicted molar refractivity (Wildman–Crippen MR) is 125 cm³/mol. The summed E-state index contributed by atoms with van der Waals surface area (Å²) in [6, 6.07) is 13.7. The lowest BCUT2D eigenvalue weighted by Crippen LogP contribution is -2.42. The molecule has 0 spiro atoms. The summed E-state index contributed by atoms with van der Waals surface area (Å²) < 4.78 is 28.4. The van der Waals surface area contributed by atoms with Gasteiger partial charge in [0.05, 0.1) is 0 Å². The van der Waals surface area contributed by atoms with Gasteiger partial charge in [0, 0.05) is 48.1 Å². The maximum atomic E-state index is 14.2. The van der Waals surface area contributed by atoms with Gasteiger partial charge in [-0.3, -0.25) is 9.59 Å². The first-order valence-corrected chi connectivity index (χ1v) is 12.6. The van der Waals surface area contributed by atoms with E-state index in [1.165, 1.54) is 12.1 Å². The molecule has 3 aliphatic rings. The summed E-state index contributed by atoms with van der Waals surface area (Å²) in [5.41, 5.74) is 1.11. The van der Waals surface area contributed by atoms with Crippen molar-refractivity contribution in [2.45, 2.75) is 76.5 Å². The molecule has 6 heteroatoms. The van der Waals surface area contributed by atoms with Crippen LogP contribution in [0.3, 0.4) is 0 Å². The fraction of sp³-hybridized carbons (Fsp3) is 0.500. The Morgan fingerprint density at radius 3 is 1.29 bits per heavy atom. The summed E-state index contributed by atoms with van der Waals surface area (Å²) in [5.74, 6) is -0.575. The van der Waals surface area contributed by atoms with Crippen LogP contribution in [-0.4, -0.2) is 33.7 Å². The number of benzene rings is 2. The third-order valence-corrected chi connectivity index (χ3v) is 7.56. The van der Waals surface area contributed by atoms with Crippen LogP contribution in [0, 0.1) is 23.5 Å². The van der Waals surface area contributed by atoms with Crippen LogP contribution in [0.5, 0.6) is 0 Å². The lowest BCUT2D eigenvalue weighted by molar-refractivity contribution is -0.142. The zero-order valence-corrected chi connectivity index (χ0v) is 19.5. The number of carbonyl (C=O) groups excluding carboxylic acids is 2. The van der Waals surface area contributed by atoms with Crippen molar-refractivity contribution in [3.63, 3.8) is 0 Å². The molecule has 2 amide bonds. The highest BCUT2D eigenvalue weighted by Gasteiger charge is 2.41. The van der Waals surface area contributed by atoms with Crippen LogP contribution in [0.15, 0.2) is 48.5 Å². The van der Waals surface area contributed by atoms with E-state index in [4.69, 9.17) is 0 Å². The highest BCUT2D eigenvalue weighted by Crippen LogP contribution is 2.38. The highest BCUT2D eigenvalue weighted by molar-refractivity contribution is 5.82. The Labute approximate surface area is 199 Å². The number of amides is 2. The molecule has 4 nitrogen and oxygen atoms in total. The van der Waals surface area contributed by atoms with E-state index in [9.17, 15) is 18.4 Å². The Hall–Kier alpha value is -2.76. The van der Waals surface area contributed by atoms with Gasteiger partial charge in [-0.15, -0.1) is 0 Å². The molecule has 0 unspecified atom stereocenters. The Morgan fingerprint density at radius 2 is 0.971 bits per heavy atom. The molecule has 0 heterocycles. The Bertz CT molecular complexity index is 959. The van der Waals surface area contributed by atoms with Gasteiger partial charge in [-0.25, -0.2) is 8.78 Å². The van der Waals surface area contributed by atoms with Gasteiger partial charge >= 0.3 is 0 Å². The molecule has 0 N–H and O–H groups in total. The molecular weight excluding hydrogens is 434 g/mol. The maximum absolute atomic E-state index is 14.2. The second kappa shape index (κ2) is 9.85. The smallest absolute Gasteiger partial charge is 0.226 e. The van der Waals surface area contributed by atoms with Crippen molar-refractivity contribution >= 4 is 11.8 Å². The van der Waals surface area contributed by atoms with E-state index in [0.29, 0.717) is 49.9 Å². The minimum Gasteiger partial charge on any atom is -0.335 e. The van der Waals surface area contributed by atoms with E-state index in [1.54, 1.807) is 36.4 Å². The van der Waals surface area contributed by atoms with Crippen molar-refractivity contribution in [3.8, 4) is 0 Å². The topological polar surface area (TPSA) is 40.6 Å². The van der Waals surface area contributed by atoms with Crippen molar-refractivity contribution in [3.05, 3.63) is 71.3 Å². The molecule has 0 radical (unpaired) electrons. The first-order chi connectivity index (χ1) is 16.5. The molecule has 3 fully saturated rings. The molecule has 2 aromatic rings. The SMILES string of the molecule is O=C(C1CCC(C(=O)N(Cc2ccccc2F)C2CC2)CC1)N(Cc1ccccc1F)C1CC1. The fourth-order valence-electron chi connectivity index (χ4n) is 5.22. The van der Waals surface area contributed by atoms with E-state index in [0.717, 1.165) is 25.7 Å². The summed E-state index contributed by atoms with van der Waals surface area (Å²) >= 11 is 0. The number of carbonyl (C=O) groups is 2. The lowest BCUT2D eigenvalue weighted by Gasteiger charge is -2.34. The van der Waals surface area contributed by atoms with Crippen LogP contribution in [0.1, 0.15) is 62.5 Å². The average molecular weight is 467 g/mol. The van der Waals surface area contributed by atoms with Crippen molar-refractivity contribution in [2.75, 3.05) is 0 Å². The summed E-state index contributed by atoms with van der Waals surface area (Å²) in [5, 5.41) is 0. The Balaban J connectivity index is 1.20. The Morgan fingerprint density at radius 1 is 0.618 bits per heavy atom. The van der Waals surface area contributed by atoms with E-state index in [1.807, 2.05) is 9.80 Å². The third-order valence-electron chi connectivity index (χ3n) is 7.56. The molecule has 0 bridgehead atoms. The van der Waals surface area contributed by atoms with E-state index in [2.05, 4.69) is 0 Å². The minimum absolute atomic E-state index is 0.0991. The molecule has 0 aliphatic heterocycles. The quantitative estimate of drug-likeness (QED) is 0.519. The Kier molecular flexibility index (Phi) is 6.66. The van der Waals surface area contributed by atoms with Crippen LogP contribution in [0.4, 0.5) is 8.78 Å². The zero-order valence-electron chi connectivity index (χ0n) is 19.5. The summed E-state index contributed by atoms with van der Waals surface area (Å²) in [6.07, 6.45) is 6.59. The molecule has 0 saturated heterocycles. The van der Waals surface area contributed by atoms with Crippen LogP contribution in [-0.2, 0) is 22.7 Å². The number of rotatable bonds is 8. The van der Waals surface area contributed by atoms with Crippen LogP contribution in [0.25, 0.3) is 0 Å². The van der Waals surface area contributed by atoms with E-state index >= 15 is 0 Å². The van der Waals surface area contributed by atoms with Gasteiger partial charge in [0.25, 0.3) is 0 Å². The zero-order chi connectivity index (χ0) is 23.7. The normalized spacial score (nSPS) is 22.3. The van der Waals surface area contributed by atoms with Gasteiger partial charge in [0.2, 0.25) is 11.8 Å². The molecular formula is C28H32F2N2O2. The minimum atomic E-state index is -0.273. The van der Waals surface area contributed by atoms with Gasteiger partial charge < -0.3 is 9.80 Å². The largest absolute Gasteiger partial charge is 0.335 e. The average Bonchev–Trinajstić information content (AvgIpc) is 3.76. The van der Waals surface area contributed by atoms with Crippen LogP contribution in [0.2, 0.25) is 0 Å². The molecule has 3 saturated carbocycles. The monoisotopic (exact) mass is 466 g/mol. The second-order valence-corrected chi connectivity index (χ2v) is 10.1. The van der Waals surface area contributed by atoms with E-state index in [-0.39, 0.29) is 47.4 Å². The third kappa shape index (κ3) is 5.16.